The molecular weight excluding hydrogens is 270 g/mol. The summed E-state index contributed by atoms with van der Waals surface area (Å²) in [5, 5.41) is 0. The molecule has 0 aliphatic carbocycles. The van der Waals surface area contributed by atoms with E-state index in [1.165, 1.54) is 0 Å². The molecular formula is C15H25N3OS. The van der Waals surface area contributed by atoms with Crippen molar-refractivity contribution in [3.8, 4) is 0 Å². The van der Waals surface area contributed by atoms with Gasteiger partial charge in [-0.15, -0.1) is 0 Å². The molecule has 1 aromatic heterocycles. The Bertz CT molecular complexity index is 469. The molecule has 0 spiro atoms. The van der Waals surface area contributed by atoms with Crippen LogP contribution in [0.2, 0.25) is 0 Å². The second-order valence-electron chi connectivity index (χ2n) is 6.30. The largest absolute Gasteiger partial charge is 0.341 e. The Balaban J connectivity index is 2.07. The summed E-state index contributed by atoms with van der Waals surface area (Å²) in [5.41, 5.74) is -0.275. The maximum absolute atomic E-state index is 12.7. The monoisotopic (exact) mass is 295 g/mol. The minimum Gasteiger partial charge on any atom is -0.341 e. The predicted octanol–water partition coefficient (Wildman–Crippen LogP) is 2.52. The van der Waals surface area contributed by atoms with Crippen LogP contribution >= 0.6 is 11.8 Å². The van der Waals surface area contributed by atoms with Crippen molar-refractivity contribution in [2.75, 3.05) is 25.1 Å². The number of thioether (sulfide) groups is 1. The molecule has 0 N–H and O–H groups in total. The zero-order valence-corrected chi connectivity index (χ0v) is 13.7. The van der Waals surface area contributed by atoms with E-state index in [4.69, 9.17) is 0 Å². The van der Waals surface area contributed by atoms with Crippen LogP contribution in [0.4, 0.5) is 0 Å². The van der Waals surface area contributed by atoms with Gasteiger partial charge >= 0.3 is 0 Å². The average molecular weight is 295 g/mol. The summed E-state index contributed by atoms with van der Waals surface area (Å²) >= 11 is 1.74. The molecule has 0 bridgehead atoms. The van der Waals surface area contributed by atoms with Crippen LogP contribution in [0.5, 0.6) is 0 Å². The number of aryl methyl sites for hydroxylation is 1. The minimum atomic E-state index is -0.275. The molecule has 1 aliphatic rings. The van der Waals surface area contributed by atoms with Crippen LogP contribution in [-0.2, 0) is 11.8 Å². The predicted molar refractivity (Wildman–Crippen MR) is 83.9 cm³/mol. The topological polar surface area (TPSA) is 38.1 Å². The van der Waals surface area contributed by atoms with Gasteiger partial charge in [-0.25, -0.2) is 4.98 Å². The first-order chi connectivity index (χ1) is 9.45. The van der Waals surface area contributed by atoms with Gasteiger partial charge in [-0.1, -0.05) is 13.8 Å². The van der Waals surface area contributed by atoms with Gasteiger partial charge in [0.2, 0.25) is 5.91 Å². The second-order valence-corrected chi connectivity index (χ2v) is 7.17. The molecule has 1 aromatic rings. The smallest absolute Gasteiger partial charge is 0.229 e. The maximum atomic E-state index is 12.7. The zero-order valence-electron chi connectivity index (χ0n) is 12.9. The van der Waals surface area contributed by atoms with Gasteiger partial charge in [0.15, 0.2) is 0 Å². The first-order valence-corrected chi connectivity index (χ1v) is 8.60. The first kappa shape index (κ1) is 15.4. The molecule has 4 nitrogen and oxygen atoms in total. The van der Waals surface area contributed by atoms with E-state index in [0.29, 0.717) is 5.92 Å². The van der Waals surface area contributed by atoms with E-state index in [0.717, 1.165) is 37.5 Å². The highest BCUT2D eigenvalue weighted by Gasteiger charge is 2.35. The van der Waals surface area contributed by atoms with E-state index in [-0.39, 0.29) is 11.3 Å². The van der Waals surface area contributed by atoms with E-state index in [2.05, 4.69) is 29.7 Å². The van der Waals surface area contributed by atoms with Crippen LogP contribution in [0.25, 0.3) is 0 Å². The Morgan fingerprint density at radius 1 is 1.55 bits per heavy atom. The molecule has 5 heteroatoms. The summed E-state index contributed by atoms with van der Waals surface area (Å²) in [4.78, 5) is 19.2. The Morgan fingerprint density at radius 2 is 2.30 bits per heavy atom. The number of carbonyl (C=O) groups is 1. The molecule has 2 rings (SSSR count). The molecule has 1 amide bonds. The van der Waals surface area contributed by atoms with E-state index in [9.17, 15) is 4.79 Å². The molecule has 0 radical (unpaired) electrons. The number of hydrogen-bond donors (Lipinski definition) is 0. The van der Waals surface area contributed by atoms with Crippen LogP contribution in [0.1, 0.15) is 38.4 Å². The van der Waals surface area contributed by atoms with Crippen molar-refractivity contribution in [2.45, 2.75) is 32.6 Å². The highest BCUT2D eigenvalue weighted by Crippen LogP contribution is 2.30. The molecule has 1 atom stereocenters. The summed E-state index contributed by atoms with van der Waals surface area (Å²) in [6.07, 6.45) is 8.07. The molecule has 1 saturated heterocycles. The fourth-order valence-corrected chi connectivity index (χ4v) is 3.84. The summed E-state index contributed by atoms with van der Waals surface area (Å²) in [7, 11) is 2.03. The van der Waals surface area contributed by atoms with Crippen molar-refractivity contribution in [2.24, 2.45) is 12.5 Å². The minimum absolute atomic E-state index is 0.275. The third kappa shape index (κ3) is 3.19. The van der Waals surface area contributed by atoms with Gasteiger partial charge in [-0.05, 0) is 19.1 Å². The molecule has 1 aliphatic heterocycles. The number of imidazole rings is 1. The Kier molecular flexibility index (Phi) is 4.78. The quantitative estimate of drug-likeness (QED) is 0.856. The molecule has 0 saturated carbocycles. The SMILES string of the molecule is CSCC(C)(C)C(=O)N1CCC[C@@H](c2nccn2C)C1. The number of carbonyl (C=O) groups excluding carboxylic acids is 1. The number of likely N-dealkylation sites (tertiary alicyclic amines) is 1. The number of rotatable bonds is 4. The lowest BCUT2D eigenvalue weighted by molar-refractivity contribution is -0.140. The first-order valence-electron chi connectivity index (χ1n) is 7.21. The van der Waals surface area contributed by atoms with Crippen LogP contribution in [-0.4, -0.2) is 45.5 Å². The number of hydrogen-bond acceptors (Lipinski definition) is 3. The summed E-state index contributed by atoms with van der Waals surface area (Å²) in [6.45, 7) is 5.80. The number of aromatic nitrogens is 2. The van der Waals surface area contributed by atoms with Crippen molar-refractivity contribution in [3.05, 3.63) is 18.2 Å². The summed E-state index contributed by atoms with van der Waals surface area (Å²) in [6, 6.07) is 0. The van der Waals surface area contributed by atoms with Crippen LogP contribution in [0.3, 0.4) is 0 Å². The highest BCUT2D eigenvalue weighted by molar-refractivity contribution is 7.98. The van der Waals surface area contributed by atoms with E-state index < -0.39 is 0 Å². The number of amides is 1. The fraction of sp³-hybridized carbons (Fsp3) is 0.733. The third-order valence-electron chi connectivity index (χ3n) is 4.02. The average Bonchev–Trinajstić information content (AvgIpc) is 2.84. The Hall–Kier alpha value is -0.970. The summed E-state index contributed by atoms with van der Waals surface area (Å²) < 4.78 is 2.08. The van der Waals surface area contributed by atoms with E-state index >= 15 is 0 Å². The van der Waals surface area contributed by atoms with Crippen molar-refractivity contribution < 1.29 is 4.79 Å². The van der Waals surface area contributed by atoms with Gasteiger partial charge in [0.25, 0.3) is 0 Å². The molecule has 1 fully saturated rings. The molecule has 0 aromatic carbocycles. The summed E-state index contributed by atoms with van der Waals surface area (Å²) in [5.74, 6) is 2.63. The van der Waals surface area contributed by atoms with Crippen LogP contribution in [0, 0.1) is 5.41 Å². The van der Waals surface area contributed by atoms with Gasteiger partial charge in [0.05, 0.1) is 5.41 Å². The van der Waals surface area contributed by atoms with Crippen LogP contribution in [0.15, 0.2) is 12.4 Å². The normalized spacial score (nSPS) is 20.2. The Labute approximate surface area is 125 Å². The standard InChI is InChI=1S/C15H25N3OS/c1-15(2,11-20-4)14(19)18-8-5-6-12(10-18)13-16-7-9-17(13)3/h7,9,12H,5-6,8,10-11H2,1-4H3/t12-/m1/s1. The van der Waals surface area contributed by atoms with Crippen molar-refractivity contribution in [1.29, 1.82) is 0 Å². The van der Waals surface area contributed by atoms with Gasteiger partial charge in [0.1, 0.15) is 5.82 Å². The third-order valence-corrected chi connectivity index (χ3v) is 5.03. The van der Waals surface area contributed by atoms with Gasteiger partial charge in [-0.3, -0.25) is 4.79 Å². The molecule has 20 heavy (non-hydrogen) atoms. The molecule has 112 valence electrons. The highest BCUT2D eigenvalue weighted by atomic mass is 32.2. The van der Waals surface area contributed by atoms with Gasteiger partial charge in [-0.2, -0.15) is 11.8 Å². The van der Waals surface area contributed by atoms with E-state index in [1.54, 1.807) is 11.8 Å². The fourth-order valence-electron chi connectivity index (χ4n) is 2.99. The molecule has 0 unspecified atom stereocenters. The van der Waals surface area contributed by atoms with Gasteiger partial charge in [0, 0.05) is 44.2 Å². The number of nitrogens with zero attached hydrogens (tertiary/aromatic N) is 3. The molecule has 2 heterocycles. The zero-order chi connectivity index (χ0) is 14.8. The lowest BCUT2D eigenvalue weighted by Gasteiger charge is -2.37. The van der Waals surface area contributed by atoms with Crippen LogP contribution < -0.4 is 0 Å². The van der Waals surface area contributed by atoms with E-state index in [1.807, 2.05) is 24.3 Å². The van der Waals surface area contributed by atoms with Crippen molar-refractivity contribution in [1.82, 2.24) is 14.5 Å². The second kappa shape index (κ2) is 6.20. The lowest BCUT2D eigenvalue weighted by Crippen LogP contribution is -2.46. The lowest BCUT2D eigenvalue weighted by atomic mass is 9.90. The Morgan fingerprint density at radius 3 is 2.90 bits per heavy atom. The maximum Gasteiger partial charge on any atom is 0.229 e. The van der Waals surface area contributed by atoms with Crippen molar-refractivity contribution in [3.63, 3.8) is 0 Å². The number of piperidine rings is 1. The van der Waals surface area contributed by atoms with Crippen molar-refractivity contribution >= 4 is 17.7 Å². The van der Waals surface area contributed by atoms with Gasteiger partial charge < -0.3 is 9.47 Å².